The molecule has 1 aliphatic carbocycles. The first-order valence-electron chi connectivity index (χ1n) is 3.41. The van der Waals surface area contributed by atoms with Gasteiger partial charge in [0.2, 0.25) is 5.54 Å². The lowest BCUT2D eigenvalue weighted by Crippen LogP contribution is -2.39. The number of nitrogens with zero attached hydrogens (tertiary/aromatic N) is 1. The Labute approximate surface area is 65.6 Å². The smallest absolute Gasteiger partial charge is 0.244 e. The fourth-order valence-corrected chi connectivity index (χ4v) is 0.963. The molecule has 0 aromatic carbocycles. The molecule has 3 heteroatoms. The molecular formula is C8H10NO2. The van der Waals surface area contributed by atoms with Gasteiger partial charge in [-0.2, -0.15) is 0 Å². The SMILES string of the molecule is [CH2]C1C=CC=CC1(C)[N+](=O)[O-]. The highest BCUT2D eigenvalue weighted by Gasteiger charge is 2.40. The van der Waals surface area contributed by atoms with Crippen LogP contribution in [0.5, 0.6) is 0 Å². The van der Waals surface area contributed by atoms with E-state index in [4.69, 9.17) is 0 Å². The standard InChI is InChI=1S/C8H10NO2/c1-7-5-3-4-6-8(7,2)9(10)11/h3-7H,1H2,2H3. The lowest BCUT2D eigenvalue weighted by molar-refractivity contribution is -0.556. The number of rotatable bonds is 1. The summed E-state index contributed by atoms with van der Waals surface area (Å²) in [6.45, 7) is 5.27. The van der Waals surface area contributed by atoms with Gasteiger partial charge in [0, 0.05) is 11.8 Å². The largest absolute Gasteiger partial charge is 0.264 e. The minimum atomic E-state index is -1.02. The van der Waals surface area contributed by atoms with E-state index in [1.165, 1.54) is 0 Å². The molecule has 0 aliphatic heterocycles. The third-order valence-corrected chi connectivity index (χ3v) is 2.03. The van der Waals surface area contributed by atoms with Crippen LogP contribution in [0.25, 0.3) is 0 Å². The maximum absolute atomic E-state index is 10.6. The van der Waals surface area contributed by atoms with Crippen molar-refractivity contribution >= 4 is 0 Å². The average molecular weight is 152 g/mol. The summed E-state index contributed by atoms with van der Waals surface area (Å²) in [5.41, 5.74) is -1.02. The fourth-order valence-electron chi connectivity index (χ4n) is 0.963. The summed E-state index contributed by atoms with van der Waals surface area (Å²) in [5, 5.41) is 10.6. The van der Waals surface area contributed by atoms with Gasteiger partial charge in [0.15, 0.2) is 0 Å². The molecule has 59 valence electrons. The molecule has 0 saturated carbocycles. The van der Waals surface area contributed by atoms with Crippen LogP contribution in [0.1, 0.15) is 6.92 Å². The van der Waals surface area contributed by atoms with Crippen molar-refractivity contribution < 1.29 is 4.92 Å². The van der Waals surface area contributed by atoms with Crippen molar-refractivity contribution in [2.24, 2.45) is 5.92 Å². The molecule has 0 spiro atoms. The van der Waals surface area contributed by atoms with E-state index in [2.05, 4.69) is 6.92 Å². The van der Waals surface area contributed by atoms with Gasteiger partial charge in [0.05, 0.1) is 5.92 Å². The highest BCUT2D eigenvalue weighted by atomic mass is 16.6. The zero-order valence-electron chi connectivity index (χ0n) is 6.36. The zero-order chi connectivity index (χ0) is 8.48. The second-order valence-corrected chi connectivity index (χ2v) is 2.83. The Morgan fingerprint density at radius 3 is 2.64 bits per heavy atom. The van der Waals surface area contributed by atoms with E-state index >= 15 is 0 Å². The van der Waals surface area contributed by atoms with Gasteiger partial charge < -0.3 is 0 Å². The van der Waals surface area contributed by atoms with Crippen LogP contribution in [-0.4, -0.2) is 10.5 Å². The van der Waals surface area contributed by atoms with E-state index in [-0.39, 0.29) is 10.8 Å². The fraction of sp³-hybridized carbons (Fsp3) is 0.375. The van der Waals surface area contributed by atoms with Crippen molar-refractivity contribution in [3.05, 3.63) is 41.3 Å². The molecular weight excluding hydrogens is 142 g/mol. The predicted molar refractivity (Wildman–Crippen MR) is 42.5 cm³/mol. The van der Waals surface area contributed by atoms with Crippen LogP contribution in [0.2, 0.25) is 0 Å². The molecule has 0 amide bonds. The number of allylic oxidation sites excluding steroid dienone is 2. The van der Waals surface area contributed by atoms with E-state index < -0.39 is 5.54 Å². The van der Waals surface area contributed by atoms with Crippen molar-refractivity contribution in [3.8, 4) is 0 Å². The Morgan fingerprint density at radius 1 is 1.64 bits per heavy atom. The highest BCUT2D eigenvalue weighted by Crippen LogP contribution is 2.26. The molecule has 0 N–H and O–H groups in total. The van der Waals surface area contributed by atoms with Gasteiger partial charge in [-0.25, -0.2) is 0 Å². The molecule has 1 radical (unpaired) electrons. The molecule has 2 unspecified atom stereocenters. The summed E-state index contributed by atoms with van der Waals surface area (Å²) in [7, 11) is 0. The van der Waals surface area contributed by atoms with E-state index in [9.17, 15) is 10.1 Å². The van der Waals surface area contributed by atoms with Crippen LogP contribution >= 0.6 is 0 Å². The Morgan fingerprint density at radius 2 is 2.27 bits per heavy atom. The second kappa shape index (κ2) is 2.49. The van der Waals surface area contributed by atoms with Crippen molar-refractivity contribution in [1.82, 2.24) is 0 Å². The maximum Gasteiger partial charge on any atom is 0.244 e. The number of nitro groups is 1. The van der Waals surface area contributed by atoms with Crippen LogP contribution in [-0.2, 0) is 0 Å². The van der Waals surface area contributed by atoms with Crippen LogP contribution in [0.15, 0.2) is 24.3 Å². The summed E-state index contributed by atoms with van der Waals surface area (Å²) < 4.78 is 0. The molecule has 1 rings (SSSR count). The monoisotopic (exact) mass is 152 g/mol. The molecule has 1 aliphatic rings. The van der Waals surface area contributed by atoms with Crippen LogP contribution in [0.4, 0.5) is 0 Å². The van der Waals surface area contributed by atoms with Gasteiger partial charge in [-0.05, 0) is 13.0 Å². The van der Waals surface area contributed by atoms with E-state index in [1.54, 1.807) is 31.2 Å². The van der Waals surface area contributed by atoms with Gasteiger partial charge in [0.25, 0.3) is 0 Å². The summed E-state index contributed by atoms with van der Waals surface area (Å²) in [5.74, 6) is -0.275. The van der Waals surface area contributed by atoms with Crippen molar-refractivity contribution in [3.63, 3.8) is 0 Å². The Balaban J connectivity index is 2.94. The van der Waals surface area contributed by atoms with E-state index in [0.717, 1.165) is 0 Å². The minimum absolute atomic E-state index is 0.275. The topological polar surface area (TPSA) is 43.1 Å². The Hall–Kier alpha value is -1.12. The van der Waals surface area contributed by atoms with Crippen LogP contribution in [0, 0.1) is 23.0 Å². The molecule has 0 aromatic heterocycles. The zero-order valence-corrected chi connectivity index (χ0v) is 6.36. The van der Waals surface area contributed by atoms with Gasteiger partial charge in [-0.1, -0.05) is 18.2 Å². The van der Waals surface area contributed by atoms with Gasteiger partial charge in [-0.15, -0.1) is 0 Å². The van der Waals surface area contributed by atoms with Gasteiger partial charge in [0.1, 0.15) is 0 Å². The van der Waals surface area contributed by atoms with Crippen LogP contribution < -0.4 is 0 Å². The van der Waals surface area contributed by atoms with E-state index in [1.807, 2.05) is 0 Å². The molecule has 0 saturated heterocycles. The summed E-state index contributed by atoms with van der Waals surface area (Å²) in [6.07, 6.45) is 6.78. The first kappa shape index (κ1) is 7.98. The average Bonchev–Trinajstić information content (AvgIpc) is 1.95. The normalized spacial score (nSPS) is 35.6. The summed E-state index contributed by atoms with van der Waals surface area (Å²) >= 11 is 0. The molecule has 0 aromatic rings. The predicted octanol–water partition coefficient (Wildman–Crippen LogP) is 1.60. The third-order valence-electron chi connectivity index (χ3n) is 2.03. The van der Waals surface area contributed by atoms with Crippen molar-refractivity contribution in [2.45, 2.75) is 12.5 Å². The molecule has 11 heavy (non-hydrogen) atoms. The number of hydrogen-bond acceptors (Lipinski definition) is 2. The quantitative estimate of drug-likeness (QED) is 0.423. The van der Waals surface area contributed by atoms with Gasteiger partial charge >= 0.3 is 0 Å². The lowest BCUT2D eigenvalue weighted by Gasteiger charge is -2.23. The second-order valence-electron chi connectivity index (χ2n) is 2.83. The van der Waals surface area contributed by atoms with E-state index in [0.29, 0.717) is 0 Å². The Bertz CT molecular complexity index is 232. The van der Waals surface area contributed by atoms with Gasteiger partial charge in [-0.3, -0.25) is 10.1 Å². The molecule has 3 nitrogen and oxygen atoms in total. The number of hydrogen-bond donors (Lipinski definition) is 0. The lowest BCUT2D eigenvalue weighted by atomic mass is 9.84. The molecule has 0 bridgehead atoms. The molecule has 0 heterocycles. The van der Waals surface area contributed by atoms with Crippen molar-refractivity contribution in [1.29, 1.82) is 0 Å². The highest BCUT2D eigenvalue weighted by molar-refractivity contribution is 5.21. The summed E-state index contributed by atoms with van der Waals surface area (Å²) in [4.78, 5) is 10.3. The van der Waals surface area contributed by atoms with Crippen LogP contribution in [0.3, 0.4) is 0 Å². The first-order valence-corrected chi connectivity index (χ1v) is 3.41. The third kappa shape index (κ3) is 1.18. The maximum atomic E-state index is 10.6. The molecule has 0 fully saturated rings. The van der Waals surface area contributed by atoms with Crippen molar-refractivity contribution in [2.75, 3.05) is 0 Å². The Kier molecular flexibility index (Phi) is 1.81. The molecule has 2 atom stereocenters. The first-order chi connectivity index (χ1) is 5.07. The summed E-state index contributed by atoms with van der Waals surface area (Å²) in [6, 6.07) is 0. The minimum Gasteiger partial charge on any atom is -0.264 e.